The lowest BCUT2D eigenvalue weighted by molar-refractivity contribution is -0.384. The van der Waals surface area contributed by atoms with Gasteiger partial charge in [-0.15, -0.1) is 0 Å². The quantitative estimate of drug-likeness (QED) is 0.440. The second-order valence-electron chi connectivity index (χ2n) is 6.97. The van der Waals surface area contributed by atoms with Crippen LogP contribution in [0.15, 0.2) is 48.5 Å². The number of nitro benzene ring substituents is 1. The minimum atomic E-state index is -0.443. The number of carbonyl (C=O) groups is 1. The number of carbonyl (C=O) groups excluding carboxylic acids is 1. The zero-order chi connectivity index (χ0) is 20.2. The molecule has 2 aromatic rings. The maximum atomic E-state index is 12.4. The number of hydrogen-bond donors (Lipinski definition) is 0. The summed E-state index contributed by atoms with van der Waals surface area (Å²) in [4.78, 5) is 26.8. The predicted molar refractivity (Wildman–Crippen MR) is 107 cm³/mol. The third-order valence-electron chi connectivity index (χ3n) is 5.05. The molecule has 29 heavy (non-hydrogen) atoms. The number of nitrogens with zero attached hydrogens (tertiary/aromatic N) is 3. The van der Waals surface area contributed by atoms with Gasteiger partial charge in [-0.25, -0.2) is 0 Å². The van der Waals surface area contributed by atoms with Gasteiger partial charge in [0.25, 0.3) is 5.69 Å². The van der Waals surface area contributed by atoms with Crippen LogP contribution in [0.5, 0.6) is 11.5 Å². The topological polar surface area (TPSA) is 85.2 Å². The van der Waals surface area contributed by atoms with Crippen molar-refractivity contribution in [2.75, 3.05) is 33.0 Å². The Morgan fingerprint density at radius 2 is 1.76 bits per heavy atom. The van der Waals surface area contributed by atoms with Crippen molar-refractivity contribution in [3.63, 3.8) is 0 Å². The summed E-state index contributed by atoms with van der Waals surface area (Å²) in [5.41, 5.74) is 1.95. The van der Waals surface area contributed by atoms with Crippen LogP contribution in [-0.2, 0) is 11.3 Å². The van der Waals surface area contributed by atoms with E-state index in [1.54, 1.807) is 18.2 Å². The van der Waals surface area contributed by atoms with Gasteiger partial charge >= 0.3 is 0 Å². The number of hydrogen-bond acceptors (Lipinski definition) is 6. The number of amides is 1. The first-order valence-corrected chi connectivity index (χ1v) is 9.41. The van der Waals surface area contributed by atoms with E-state index in [9.17, 15) is 14.9 Å². The number of nitro groups is 1. The van der Waals surface area contributed by atoms with Gasteiger partial charge in [0.1, 0.15) is 0 Å². The van der Waals surface area contributed by atoms with Crippen molar-refractivity contribution in [2.24, 2.45) is 0 Å². The highest BCUT2D eigenvalue weighted by Gasteiger charge is 2.21. The lowest BCUT2D eigenvalue weighted by Crippen LogP contribution is -2.47. The molecule has 8 heteroatoms. The molecule has 0 N–H and O–H groups in total. The minimum absolute atomic E-state index is 0.0343. The van der Waals surface area contributed by atoms with E-state index in [0.29, 0.717) is 13.1 Å². The first-order chi connectivity index (χ1) is 14.1. The number of ether oxygens (including phenoxy) is 2. The Balaban J connectivity index is 1.27. The predicted octanol–water partition coefficient (Wildman–Crippen LogP) is 2.68. The first-order valence-electron chi connectivity index (χ1n) is 9.41. The van der Waals surface area contributed by atoms with Crippen molar-refractivity contribution in [1.82, 2.24) is 9.80 Å². The Morgan fingerprint density at radius 1 is 1.03 bits per heavy atom. The molecule has 0 atom stereocenters. The molecule has 2 aromatic carbocycles. The monoisotopic (exact) mass is 395 g/mol. The van der Waals surface area contributed by atoms with Gasteiger partial charge in [0.05, 0.1) is 4.92 Å². The summed E-state index contributed by atoms with van der Waals surface area (Å²) in [6, 6.07) is 12.1. The maximum Gasteiger partial charge on any atom is 0.269 e. The molecule has 2 heterocycles. The van der Waals surface area contributed by atoms with Gasteiger partial charge in [0, 0.05) is 50.9 Å². The van der Waals surface area contributed by atoms with Crippen molar-refractivity contribution in [2.45, 2.75) is 6.54 Å². The fourth-order valence-electron chi connectivity index (χ4n) is 3.40. The van der Waals surface area contributed by atoms with Gasteiger partial charge < -0.3 is 14.4 Å². The number of fused-ring (bicyclic) bond motifs is 1. The molecule has 2 aliphatic heterocycles. The molecule has 0 aliphatic carbocycles. The number of benzene rings is 2. The van der Waals surface area contributed by atoms with Crippen molar-refractivity contribution in [3.05, 3.63) is 69.8 Å². The van der Waals surface area contributed by atoms with Crippen molar-refractivity contribution < 1.29 is 19.2 Å². The van der Waals surface area contributed by atoms with Gasteiger partial charge in [0.15, 0.2) is 11.5 Å². The SMILES string of the molecule is O=C(/C=C/c1ccc([N+](=O)[O-])cc1)N1CCN(Cc2ccc3c(c2)OCO3)CC1. The van der Waals surface area contributed by atoms with Crippen LogP contribution in [0.25, 0.3) is 6.08 Å². The molecule has 0 radical (unpaired) electrons. The second-order valence-corrected chi connectivity index (χ2v) is 6.97. The number of rotatable bonds is 5. The van der Waals surface area contributed by atoms with Crippen LogP contribution in [0.4, 0.5) is 5.69 Å². The third kappa shape index (κ3) is 4.55. The Morgan fingerprint density at radius 3 is 2.48 bits per heavy atom. The summed E-state index contributed by atoms with van der Waals surface area (Å²) in [5.74, 6) is 1.52. The highest BCUT2D eigenvalue weighted by molar-refractivity contribution is 5.91. The average molecular weight is 395 g/mol. The lowest BCUT2D eigenvalue weighted by atomic mass is 10.1. The van der Waals surface area contributed by atoms with E-state index in [1.807, 2.05) is 23.1 Å². The molecular weight excluding hydrogens is 374 g/mol. The fourth-order valence-corrected chi connectivity index (χ4v) is 3.40. The summed E-state index contributed by atoms with van der Waals surface area (Å²) >= 11 is 0. The highest BCUT2D eigenvalue weighted by atomic mass is 16.7. The normalized spacial score (nSPS) is 16.3. The smallest absolute Gasteiger partial charge is 0.269 e. The Bertz CT molecular complexity index is 934. The van der Waals surface area contributed by atoms with E-state index in [-0.39, 0.29) is 18.4 Å². The molecular formula is C21H21N3O5. The van der Waals surface area contributed by atoms with Crippen molar-refractivity contribution >= 4 is 17.7 Å². The summed E-state index contributed by atoms with van der Waals surface area (Å²) in [6.45, 7) is 3.99. The highest BCUT2D eigenvalue weighted by Crippen LogP contribution is 2.32. The molecule has 1 amide bonds. The third-order valence-corrected chi connectivity index (χ3v) is 5.05. The molecule has 0 unspecified atom stereocenters. The van der Waals surface area contributed by atoms with Crippen LogP contribution in [-0.4, -0.2) is 53.6 Å². The second kappa shape index (κ2) is 8.32. The largest absolute Gasteiger partial charge is 0.454 e. The van der Waals surface area contributed by atoms with Gasteiger partial charge in [-0.1, -0.05) is 6.07 Å². The van der Waals surface area contributed by atoms with E-state index in [2.05, 4.69) is 4.90 Å². The van der Waals surface area contributed by atoms with E-state index < -0.39 is 4.92 Å². The van der Waals surface area contributed by atoms with Crippen LogP contribution in [0.1, 0.15) is 11.1 Å². The molecule has 8 nitrogen and oxygen atoms in total. The van der Waals surface area contributed by atoms with Gasteiger partial charge in [-0.2, -0.15) is 0 Å². The molecule has 0 bridgehead atoms. The van der Waals surface area contributed by atoms with E-state index in [1.165, 1.54) is 18.2 Å². The molecule has 0 spiro atoms. The summed E-state index contributed by atoms with van der Waals surface area (Å²) in [7, 11) is 0. The first kappa shape index (κ1) is 18.9. The van der Waals surface area contributed by atoms with Crippen molar-refractivity contribution in [1.29, 1.82) is 0 Å². The van der Waals surface area contributed by atoms with E-state index in [4.69, 9.17) is 9.47 Å². The van der Waals surface area contributed by atoms with Crippen LogP contribution in [0.3, 0.4) is 0 Å². The maximum absolute atomic E-state index is 12.4. The molecule has 4 rings (SSSR count). The Labute approximate surface area is 168 Å². The summed E-state index contributed by atoms with van der Waals surface area (Å²) in [5, 5.41) is 10.7. The summed E-state index contributed by atoms with van der Waals surface area (Å²) < 4.78 is 10.8. The zero-order valence-corrected chi connectivity index (χ0v) is 15.8. The average Bonchev–Trinajstić information content (AvgIpc) is 3.21. The molecule has 150 valence electrons. The standard InChI is InChI=1S/C21H21N3O5/c25-21(8-4-16-1-5-18(6-2-16)24(26)27)23-11-9-22(10-12-23)14-17-3-7-19-20(13-17)29-15-28-19/h1-8,13H,9-12,14-15H2/b8-4+. The number of non-ortho nitro benzene ring substituents is 1. The van der Waals surface area contributed by atoms with Crippen molar-refractivity contribution in [3.8, 4) is 11.5 Å². The molecule has 1 fully saturated rings. The Hall–Kier alpha value is -3.39. The summed E-state index contributed by atoms with van der Waals surface area (Å²) in [6.07, 6.45) is 3.21. The van der Waals surface area contributed by atoms with Gasteiger partial charge in [0.2, 0.25) is 12.7 Å². The van der Waals surface area contributed by atoms with Gasteiger partial charge in [-0.05, 0) is 41.5 Å². The number of piperazine rings is 1. The molecule has 0 aromatic heterocycles. The Kier molecular flexibility index (Phi) is 5.44. The lowest BCUT2D eigenvalue weighted by Gasteiger charge is -2.34. The minimum Gasteiger partial charge on any atom is -0.454 e. The molecule has 2 aliphatic rings. The van der Waals surface area contributed by atoms with Crippen LogP contribution in [0, 0.1) is 10.1 Å². The van der Waals surface area contributed by atoms with Crippen LogP contribution in [0.2, 0.25) is 0 Å². The van der Waals surface area contributed by atoms with E-state index in [0.717, 1.165) is 42.3 Å². The fraction of sp³-hybridized carbons (Fsp3) is 0.286. The molecule has 1 saturated heterocycles. The van der Waals surface area contributed by atoms with E-state index >= 15 is 0 Å². The van der Waals surface area contributed by atoms with Gasteiger partial charge in [-0.3, -0.25) is 19.8 Å². The zero-order valence-electron chi connectivity index (χ0n) is 15.8. The molecule has 0 saturated carbocycles. The van der Waals surface area contributed by atoms with Crippen LogP contribution < -0.4 is 9.47 Å². The van der Waals surface area contributed by atoms with Crippen LogP contribution >= 0.6 is 0 Å².